The van der Waals surface area contributed by atoms with Crippen LogP contribution in [-0.4, -0.2) is 5.24 Å². The van der Waals surface area contributed by atoms with Gasteiger partial charge < -0.3 is 0 Å². The fourth-order valence-corrected chi connectivity index (χ4v) is 0.956. The molecule has 1 aromatic carbocycles. The molecule has 0 spiro atoms. The van der Waals surface area contributed by atoms with Gasteiger partial charge in [0.05, 0.1) is 0 Å². The fourth-order valence-electron chi connectivity index (χ4n) is 0.861. The Morgan fingerprint density at radius 3 is 2.67 bits per heavy atom. The van der Waals surface area contributed by atoms with Gasteiger partial charge in [-0.2, -0.15) is 0 Å². The number of hydrogen-bond acceptors (Lipinski definition) is 1. The molecule has 0 unspecified atom stereocenters. The Morgan fingerprint density at radius 2 is 2.08 bits per heavy atom. The van der Waals surface area contributed by atoms with E-state index < -0.39 is 11.6 Å². The van der Waals surface area contributed by atoms with Crippen LogP contribution < -0.4 is 0 Å². The maximum Gasteiger partial charge on any atom is 0.221 e. The molecule has 1 nitrogen and oxygen atoms in total. The molecule has 0 saturated carbocycles. The third kappa shape index (κ3) is 3.54. The van der Waals surface area contributed by atoms with Gasteiger partial charge in [0, 0.05) is 9.16 Å². The van der Waals surface area contributed by atoms with Gasteiger partial charge in [0.15, 0.2) is 0 Å². The molecule has 2 heteroatoms. The summed E-state index contributed by atoms with van der Waals surface area (Å²) in [6, 6.07) is 8.79. The number of rotatable bonds is 4. The van der Waals surface area contributed by atoms with Crippen LogP contribution in [0.15, 0.2) is 30.3 Å². The van der Waals surface area contributed by atoms with E-state index in [9.17, 15) is 4.79 Å². The smallest absolute Gasteiger partial charge is 0.221 e. The van der Waals surface area contributed by atoms with E-state index in [4.69, 9.17) is 14.3 Å². The SMILES string of the molecule is [2H]C([2H])(CCC(=O)Cl)c1ccccc1. The van der Waals surface area contributed by atoms with Crippen LogP contribution in [-0.2, 0) is 11.2 Å². The number of benzene rings is 1. The molecule has 0 aliphatic carbocycles. The Labute approximate surface area is 80.2 Å². The number of hydrogen-bond donors (Lipinski definition) is 0. The van der Waals surface area contributed by atoms with Gasteiger partial charge in [-0.25, -0.2) is 0 Å². The van der Waals surface area contributed by atoms with Crippen LogP contribution in [0.2, 0.25) is 0 Å². The minimum Gasteiger partial charge on any atom is -0.281 e. The van der Waals surface area contributed by atoms with Gasteiger partial charge in [0.2, 0.25) is 5.24 Å². The van der Waals surface area contributed by atoms with Crippen LogP contribution in [0.4, 0.5) is 0 Å². The zero-order valence-corrected chi connectivity index (χ0v) is 7.34. The van der Waals surface area contributed by atoms with Gasteiger partial charge in [-0.3, -0.25) is 4.79 Å². The molecule has 0 aliphatic heterocycles. The van der Waals surface area contributed by atoms with Crippen molar-refractivity contribution < 1.29 is 7.54 Å². The molecule has 0 aliphatic rings. The molecule has 0 radical (unpaired) electrons. The van der Waals surface area contributed by atoms with E-state index in [1.165, 1.54) is 0 Å². The summed E-state index contributed by atoms with van der Waals surface area (Å²) in [5.41, 5.74) is 0.581. The second-order valence-corrected chi connectivity index (χ2v) is 2.82. The van der Waals surface area contributed by atoms with E-state index >= 15 is 0 Å². The van der Waals surface area contributed by atoms with Crippen molar-refractivity contribution >= 4 is 16.8 Å². The summed E-state index contributed by atoms with van der Waals surface area (Å²) in [6.07, 6.45) is -1.30. The van der Waals surface area contributed by atoms with Crippen molar-refractivity contribution in [3.05, 3.63) is 35.9 Å². The Bertz CT molecular complexity index is 311. The van der Waals surface area contributed by atoms with E-state index in [-0.39, 0.29) is 12.8 Å². The van der Waals surface area contributed by atoms with Gasteiger partial charge in [0.25, 0.3) is 0 Å². The molecule has 12 heavy (non-hydrogen) atoms. The molecule has 0 N–H and O–H groups in total. The third-order valence-corrected chi connectivity index (χ3v) is 1.61. The van der Waals surface area contributed by atoms with Crippen LogP contribution >= 0.6 is 11.6 Å². The molecule has 64 valence electrons. The number of halogens is 1. The average Bonchev–Trinajstić information content (AvgIpc) is 2.16. The van der Waals surface area contributed by atoms with Crippen LogP contribution in [0.1, 0.15) is 21.1 Å². The van der Waals surface area contributed by atoms with E-state index in [0.29, 0.717) is 5.56 Å². The van der Waals surface area contributed by atoms with Crippen molar-refractivity contribution in [2.45, 2.75) is 19.2 Å². The molecule has 1 rings (SSSR count). The summed E-state index contributed by atoms with van der Waals surface area (Å²) in [5, 5.41) is -0.496. The largest absolute Gasteiger partial charge is 0.281 e. The molecular formula is C10H11ClO. The predicted molar refractivity (Wildman–Crippen MR) is 50.2 cm³/mol. The number of carbonyl (C=O) groups is 1. The Kier molecular flexibility index (Phi) is 2.74. The van der Waals surface area contributed by atoms with E-state index in [1.807, 2.05) is 6.07 Å². The third-order valence-electron chi connectivity index (χ3n) is 1.42. The standard InChI is InChI=1S/C10H11ClO/c11-10(12)8-4-7-9-5-2-1-3-6-9/h1-3,5-6H,4,7-8H2/i7D2. The summed E-state index contributed by atoms with van der Waals surface area (Å²) in [7, 11) is 0. The average molecular weight is 185 g/mol. The van der Waals surface area contributed by atoms with Crippen LogP contribution in [0.5, 0.6) is 0 Å². The van der Waals surface area contributed by atoms with Gasteiger partial charge in [-0.15, -0.1) is 0 Å². The zero-order chi connectivity index (χ0) is 10.6. The maximum atomic E-state index is 10.5. The minimum atomic E-state index is -1.48. The normalized spacial score (nSPS) is 13.4. The first-order valence-corrected chi connectivity index (χ1v) is 4.14. The monoisotopic (exact) mass is 184 g/mol. The fraction of sp³-hybridized carbons (Fsp3) is 0.300. The van der Waals surface area contributed by atoms with Crippen molar-refractivity contribution in [1.82, 2.24) is 0 Å². The number of carbonyl (C=O) groups excluding carboxylic acids is 1. The van der Waals surface area contributed by atoms with Crippen molar-refractivity contribution in [3.8, 4) is 0 Å². The topological polar surface area (TPSA) is 17.1 Å². The molecule has 0 bridgehead atoms. The molecule has 0 atom stereocenters. The molecule has 0 fully saturated rings. The summed E-state index contributed by atoms with van der Waals surface area (Å²) in [5.74, 6) is 0. The first kappa shape index (κ1) is 6.67. The quantitative estimate of drug-likeness (QED) is 0.658. The van der Waals surface area contributed by atoms with Crippen molar-refractivity contribution in [3.63, 3.8) is 0 Å². The first-order valence-electron chi connectivity index (χ1n) is 4.76. The van der Waals surface area contributed by atoms with E-state index in [1.54, 1.807) is 24.3 Å². The molecule has 0 saturated heterocycles. The summed E-state index contributed by atoms with van der Waals surface area (Å²) >= 11 is 5.17. The lowest BCUT2D eigenvalue weighted by molar-refractivity contribution is -0.111. The van der Waals surface area contributed by atoms with Gasteiger partial charge >= 0.3 is 0 Å². The molecule has 0 amide bonds. The Balaban J connectivity index is 2.70. The highest BCUT2D eigenvalue weighted by Crippen LogP contribution is 2.05. The van der Waals surface area contributed by atoms with E-state index in [2.05, 4.69) is 0 Å². The predicted octanol–water partition coefficient (Wildman–Crippen LogP) is 2.77. The minimum absolute atomic E-state index is 0.0590. The van der Waals surface area contributed by atoms with Crippen molar-refractivity contribution in [2.24, 2.45) is 0 Å². The van der Waals surface area contributed by atoms with Gasteiger partial charge in [0.1, 0.15) is 0 Å². The van der Waals surface area contributed by atoms with Crippen LogP contribution in [0.3, 0.4) is 0 Å². The highest BCUT2D eigenvalue weighted by molar-refractivity contribution is 6.63. The molecular weight excluding hydrogens is 172 g/mol. The zero-order valence-electron chi connectivity index (χ0n) is 8.59. The lowest BCUT2D eigenvalue weighted by Gasteiger charge is -1.97. The summed E-state index contributed by atoms with van der Waals surface area (Å²) < 4.78 is 15.4. The number of aryl methyl sites for hydroxylation is 1. The van der Waals surface area contributed by atoms with Gasteiger partial charge in [-0.1, -0.05) is 30.3 Å². The summed E-state index contributed by atoms with van der Waals surface area (Å²) in [6.45, 7) is 0. The second-order valence-electron chi connectivity index (χ2n) is 2.40. The second kappa shape index (κ2) is 4.94. The first-order chi connectivity index (χ1) is 6.52. The van der Waals surface area contributed by atoms with E-state index in [0.717, 1.165) is 0 Å². The van der Waals surface area contributed by atoms with Crippen LogP contribution in [0, 0.1) is 0 Å². The van der Waals surface area contributed by atoms with Crippen LogP contribution in [0.25, 0.3) is 0 Å². The summed E-state index contributed by atoms with van der Waals surface area (Å²) in [4.78, 5) is 10.5. The lowest BCUT2D eigenvalue weighted by atomic mass is 10.1. The lowest BCUT2D eigenvalue weighted by Crippen LogP contribution is -1.89. The maximum absolute atomic E-state index is 10.5. The highest BCUT2D eigenvalue weighted by Gasteiger charge is 1.96. The van der Waals surface area contributed by atoms with Crippen molar-refractivity contribution in [2.75, 3.05) is 0 Å². The molecule has 0 aromatic heterocycles. The molecule has 0 heterocycles. The van der Waals surface area contributed by atoms with Crippen molar-refractivity contribution in [1.29, 1.82) is 0 Å². The Morgan fingerprint density at radius 1 is 1.42 bits per heavy atom. The Hall–Kier alpha value is -0.820. The van der Waals surface area contributed by atoms with Gasteiger partial charge in [-0.05, 0) is 30.0 Å². The highest BCUT2D eigenvalue weighted by atomic mass is 35.5. The molecule has 1 aromatic rings.